The third-order valence-electron chi connectivity index (χ3n) is 5.23. The van der Waals surface area contributed by atoms with Gasteiger partial charge < -0.3 is 16.0 Å². The molecule has 4 N–H and O–H groups in total. The number of anilines is 1. The van der Waals surface area contributed by atoms with Crippen LogP contribution < -0.4 is 11.1 Å². The maximum atomic E-state index is 12.7. The number of H-pyrrole nitrogens is 1. The second kappa shape index (κ2) is 7.80. The minimum Gasteiger partial charge on any atom is -0.382 e. The third kappa shape index (κ3) is 4.11. The number of aromatic nitrogens is 2. The number of nitrogens with one attached hydrogen (secondary N) is 2. The standard InChI is InChI=1S/C21H25N5O/c22-19(12-15-4-2-1-3-5-15)21(27)26-10-8-17(9-11-26)24-18-6-7-20-16(13-18)14-23-25-20/h1-7,13-14,17,19,24H,8-12,22H2,(H,23,25)/t19-/m1/s1. The molecule has 0 saturated carbocycles. The van der Waals surface area contributed by atoms with Gasteiger partial charge in [0.15, 0.2) is 0 Å². The van der Waals surface area contributed by atoms with E-state index in [-0.39, 0.29) is 5.91 Å². The molecule has 2 aromatic carbocycles. The average Bonchev–Trinajstić information content (AvgIpc) is 3.16. The van der Waals surface area contributed by atoms with Crippen LogP contribution in [0, 0.1) is 0 Å². The minimum atomic E-state index is -0.472. The van der Waals surface area contributed by atoms with Crippen LogP contribution >= 0.6 is 0 Å². The molecule has 1 atom stereocenters. The number of carbonyl (C=O) groups is 1. The number of nitrogens with two attached hydrogens (primary N) is 1. The smallest absolute Gasteiger partial charge is 0.239 e. The zero-order valence-electron chi connectivity index (χ0n) is 15.3. The molecule has 3 aromatic rings. The molecule has 27 heavy (non-hydrogen) atoms. The second-order valence-corrected chi connectivity index (χ2v) is 7.21. The predicted molar refractivity (Wildman–Crippen MR) is 107 cm³/mol. The monoisotopic (exact) mass is 363 g/mol. The van der Waals surface area contributed by atoms with Gasteiger partial charge in [0.05, 0.1) is 17.8 Å². The lowest BCUT2D eigenvalue weighted by molar-refractivity contribution is -0.133. The molecule has 1 amide bonds. The van der Waals surface area contributed by atoms with E-state index in [4.69, 9.17) is 5.73 Å². The molecule has 1 saturated heterocycles. The number of likely N-dealkylation sites (tertiary alicyclic amines) is 1. The van der Waals surface area contributed by atoms with E-state index in [2.05, 4.69) is 27.6 Å². The Kier molecular flexibility index (Phi) is 5.07. The Bertz CT molecular complexity index is 899. The van der Waals surface area contributed by atoms with Crippen molar-refractivity contribution in [3.8, 4) is 0 Å². The molecule has 2 heterocycles. The molecule has 0 unspecified atom stereocenters. The molecule has 0 spiro atoms. The average molecular weight is 363 g/mol. The van der Waals surface area contributed by atoms with Crippen molar-refractivity contribution in [2.45, 2.75) is 31.3 Å². The van der Waals surface area contributed by atoms with Crippen molar-refractivity contribution in [2.75, 3.05) is 18.4 Å². The first-order valence-corrected chi connectivity index (χ1v) is 9.47. The highest BCUT2D eigenvalue weighted by Crippen LogP contribution is 2.21. The van der Waals surface area contributed by atoms with Gasteiger partial charge in [-0.1, -0.05) is 30.3 Å². The Balaban J connectivity index is 1.29. The number of amides is 1. The van der Waals surface area contributed by atoms with Crippen molar-refractivity contribution < 1.29 is 4.79 Å². The number of benzene rings is 2. The molecule has 4 rings (SSSR count). The van der Waals surface area contributed by atoms with Crippen LogP contribution in [0.15, 0.2) is 54.7 Å². The van der Waals surface area contributed by atoms with Crippen molar-refractivity contribution in [1.82, 2.24) is 15.1 Å². The van der Waals surface area contributed by atoms with Crippen LogP contribution in [0.3, 0.4) is 0 Å². The Morgan fingerprint density at radius 1 is 1.22 bits per heavy atom. The van der Waals surface area contributed by atoms with Crippen molar-refractivity contribution in [3.05, 3.63) is 60.3 Å². The van der Waals surface area contributed by atoms with E-state index < -0.39 is 6.04 Å². The molecule has 0 bridgehead atoms. The molecular formula is C21H25N5O. The van der Waals surface area contributed by atoms with Gasteiger partial charge in [0.2, 0.25) is 5.91 Å². The van der Waals surface area contributed by atoms with Crippen molar-refractivity contribution in [3.63, 3.8) is 0 Å². The molecule has 0 aliphatic carbocycles. The van der Waals surface area contributed by atoms with Crippen LogP contribution in [0.25, 0.3) is 10.9 Å². The zero-order chi connectivity index (χ0) is 18.6. The van der Waals surface area contributed by atoms with Crippen LogP contribution in [0.4, 0.5) is 5.69 Å². The molecular weight excluding hydrogens is 338 g/mol. The van der Waals surface area contributed by atoms with E-state index in [0.29, 0.717) is 12.5 Å². The highest BCUT2D eigenvalue weighted by atomic mass is 16.2. The van der Waals surface area contributed by atoms with Gasteiger partial charge in [-0.3, -0.25) is 9.89 Å². The molecule has 1 fully saturated rings. The van der Waals surface area contributed by atoms with Gasteiger partial charge in [-0.2, -0.15) is 5.10 Å². The van der Waals surface area contributed by atoms with Gasteiger partial charge in [-0.15, -0.1) is 0 Å². The summed E-state index contributed by atoms with van der Waals surface area (Å²) >= 11 is 0. The first-order valence-electron chi connectivity index (χ1n) is 9.47. The fourth-order valence-corrected chi connectivity index (χ4v) is 3.70. The maximum absolute atomic E-state index is 12.7. The highest BCUT2D eigenvalue weighted by Gasteiger charge is 2.26. The number of rotatable bonds is 5. The lowest BCUT2D eigenvalue weighted by Gasteiger charge is -2.34. The summed E-state index contributed by atoms with van der Waals surface area (Å²) in [5, 5.41) is 11.7. The van der Waals surface area contributed by atoms with Gasteiger partial charge in [-0.05, 0) is 43.0 Å². The zero-order valence-corrected chi connectivity index (χ0v) is 15.3. The van der Waals surface area contributed by atoms with E-state index in [1.807, 2.05) is 47.5 Å². The number of carbonyl (C=O) groups excluding carboxylic acids is 1. The van der Waals surface area contributed by atoms with Crippen LogP contribution in [-0.4, -0.2) is 46.2 Å². The lowest BCUT2D eigenvalue weighted by atomic mass is 10.0. The summed E-state index contributed by atoms with van der Waals surface area (Å²) in [6.45, 7) is 1.49. The first-order chi connectivity index (χ1) is 13.2. The number of piperidine rings is 1. The second-order valence-electron chi connectivity index (χ2n) is 7.21. The van der Waals surface area contributed by atoms with Crippen LogP contribution in [0.5, 0.6) is 0 Å². The SMILES string of the molecule is N[C@H](Cc1ccccc1)C(=O)N1CCC(Nc2ccc3[nH]ncc3c2)CC1. The molecule has 1 aliphatic rings. The highest BCUT2D eigenvalue weighted by molar-refractivity contribution is 5.82. The Morgan fingerprint density at radius 2 is 2.00 bits per heavy atom. The van der Waals surface area contributed by atoms with E-state index in [1.54, 1.807) is 0 Å². The summed E-state index contributed by atoms with van der Waals surface area (Å²) < 4.78 is 0. The summed E-state index contributed by atoms with van der Waals surface area (Å²) in [7, 11) is 0. The molecule has 1 aromatic heterocycles. The number of hydrogen-bond acceptors (Lipinski definition) is 4. The topological polar surface area (TPSA) is 87.0 Å². The third-order valence-corrected chi connectivity index (χ3v) is 5.23. The van der Waals surface area contributed by atoms with Crippen molar-refractivity contribution >= 4 is 22.5 Å². The fourth-order valence-electron chi connectivity index (χ4n) is 3.70. The van der Waals surface area contributed by atoms with Gasteiger partial charge >= 0.3 is 0 Å². The van der Waals surface area contributed by atoms with Gasteiger partial charge in [-0.25, -0.2) is 0 Å². The van der Waals surface area contributed by atoms with E-state index in [0.717, 1.165) is 48.1 Å². The minimum absolute atomic E-state index is 0.0529. The lowest BCUT2D eigenvalue weighted by Crippen LogP contribution is -2.49. The summed E-state index contributed by atoms with van der Waals surface area (Å²) in [5.41, 5.74) is 9.39. The number of hydrogen-bond donors (Lipinski definition) is 3. The van der Waals surface area contributed by atoms with Crippen LogP contribution in [0.2, 0.25) is 0 Å². The number of aromatic amines is 1. The van der Waals surface area contributed by atoms with Gasteiger partial charge in [0.25, 0.3) is 0 Å². The van der Waals surface area contributed by atoms with Gasteiger partial charge in [0, 0.05) is 30.2 Å². The maximum Gasteiger partial charge on any atom is 0.239 e. The van der Waals surface area contributed by atoms with Crippen molar-refractivity contribution in [1.29, 1.82) is 0 Å². The van der Waals surface area contributed by atoms with Crippen molar-refractivity contribution in [2.24, 2.45) is 5.73 Å². The van der Waals surface area contributed by atoms with Crippen LogP contribution in [0.1, 0.15) is 18.4 Å². The molecule has 1 aliphatic heterocycles. The summed E-state index contributed by atoms with van der Waals surface area (Å²) in [6, 6.07) is 16.0. The summed E-state index contributed by atoms with van der Waals surface area (Å²) in [4.78, 5) is 14.6. The molecule has 140 valence electrons. The summed E-state index contributed by atoms with van der Waals surface area (Å²) in [5.74, 6) is 0.0529. The van der Waals surface area contributed by atoms with E-state index in [1.165, 1.54) is 0 Å². The molecule has 0 radical (unpaired) electrons. The molecule has 6 nitrogen and oxygen atoms in total. The van der Waals surface area contributed by atoms with Crippen LogP contribution in [-0.2, 0) is 11.2 Å². The largest absolute Gasteiger partial charge is 0.382 e. The number of nitrogens with zero attached hydrogens (tertiary/aromatic N) is 2. The van der Waals surface area contributed by atoms with E-state index in [9.17, 15) is 4.79 Å². The predicted octanol–water partition coefficient (Wildman–Crippen LogP) is 2.54. The summed E-state index contributed by atoms with van der Waals surface area (Å²) in [6.07, 6.45) is 4.26. The van der Waals surface area contributed by atoms with Gasteiger partial charge in [0.1, 0.15) is 0 Å². The number of fused-ring (bicyclic) bond motifs is 1. The Hall–Kier alpha value is -2.86. The fraction of sp³-hybridized carbons (Fsp3) is 0.333. The normalized spacial score (nSPS) is 16.4. The quantitative estimate of drug-likeness (QED) is 0.650. The first kappa shape index (κ1) is 17.5. The Labute approximate surface area is 158 Å². The Morgan fingerprint density at radius 3 is 2.78 bits per heavy atom. The van der Waals surface area contributed by atoms with E-state index >= 15 is 0 Å². The molecule has 6 heteroatoms.